The van der Waals surface area contributed by atoms with Crippen molar-refractivity contribution in [3.63, 3.8) is 0 Å². The Bertz CT molecular complexity index is 768. The monoisotopic (exact) mass is 464 g/mol. The zero-order chi connectivity index (χ0) is 23.1. The van der Waals surface area contributed by atoms with Gasteiger partial charge in [0.25, 0.3) is 0 Å². The Balaban J connectivity index is 1.50. The maximum atomic E-state index is 12.9. The van der Waals surface area contributed by atoms with Gasteiger partial charge in [0.05, 0.1) is 13.2 Å². The van der Waals surface area contributed by atoms with E-state index in [1.165, 1.54) is 38.5 Å². The second-order valence-electron chi connectivity index (χ2n) is 11.7. The van der Waals surface area contributed by atoms with Crippen molar-refractivity contribution in [2.45, 2.75) is 92.4 Å². The van der Waals surface area contributed by atoms with Crippen LogP contribution in [-0.4, -0.2) is 19.0 Å². The summed E-state index contributed by atoms with van der Waals surface area (Å²) in [6.45, 7) is 11.9. The van der Waals surface area contributed by atoms with E-state index in [0.29, 0.717) is 47.6 Å². The predicted molar refractivity (Wildman–Crippen MR) is 129 cm³/mol. The third-order valence-electron chi connectivity index (χ3n) is 10.4. The summed E-state index contributed by atoms with van der Waals surface area (Å²) in [4.78, 5) is 12.1. The number of Topliss-reactive ketones (excluding diaryl/α,β-unsaturated/α-hetero) is 1. The molecule has 0 aromatic rings. The second-order valence-corrected chi connectivity index (χ2v) is 13.6. The highest BCUT2D eigenvalue weighted by Gasteiger charge is 2.60. The summed E-state index contributed by atoms with van der Waals surface area (Å²) in [5.74, 6) is 6.27. The number of fused-ring (bicyclic) bond motifs is 5. The topological polar surface area (TPSA) is 52.6 Å². The Labute approximate surface area is 195 Å². The van der Waals surface area contributed by atoms with Crippen LogP contribution in [-0.2, 0) is 18.4 Å². The fraction of sp³-hybridized carbons (Fsp3) is 0.889. The number of allylic oxidation sites excluding steroid dienone is 1. The highest BCUT2D eigenvalue weighted by Crippen LogP contribution is 2.68. The van der Waals surface area contributed by atoms with Gasteiger partial charge in [0.1, 0.15) is 5.78 Å². The van der Waals surface area contributed by atoms with E-state index >= 15 is 0 Å². The van der Waals surface area contributed by atoms with Crippen molar-refractivity contribution in [3.05, 3.63) is 11.9 Å². The van der Waals surface area contributed by atoms with E-state index in [9.17, 15) is 9.36 Å². The Morgan fingerprint density at radius 1 is 1.00 bits per heavy atom. The molecular weight excluding hydrogens is 419 g/mol. The van der Waals surface area contributed by atoms with Gasteiger partial charge in [-0.2, -0.15) is 0 Å². The van der Waals surface area contributed by atoms with Crippen LogP contribution >= 0.6 is 7.60 Å². The van der Waals surface area contributed by atoms with Crippen molar-refractivity contribution in [1.82, 2.24) is 0 Å². The molecule has 3 unspecified atom stereocenters. The lowest BCUT2D eigenvalue weighted by Gasteiger charge is -2.60. The largest absolute Gasteiger partial charge is 0.353 e. The molecule has 5 heteroatoms. The van der Waals surface area contributed by atoms with E-state index < -0.39 is 7.60 Å². The Hall–Kier alpha value is -0.440. The van der Waals surface area contributed by atoms with Crippen LogP contribution in [0.2, 0.25) is 0 Å². The number of hydrogen-bond acceptors (Lipinski definition) is 4. The lowest BCUT2D eigenvalue weighted by atomic mass is 9.44. The van der Waals surface area contributed by atoms with Crippen molar-refractivity contribution >= 4 is 13.4 Å². The number of carbonyl (C=O) groups excluding carboxylic acids is 1. The zero-order valence-electron chi connectivity index (χ0n) is 21.0. The minimum absolute atomic E-state index is 0.361. The van der Waals surface area contributed by atoms with Crippen LogP contribution in [0.5, 0.6) is 0 Å². The Morgan fingerprint density at radius 2 is 1.69 bits per heavy atom. The van der Waals surface area contributed by atoms with Gasteiger partial charge in [-0.25, -0.2) is 0 Å². The smallest absolute Gasteiger partial charge is 0.306 e. The first-order valence-corrected chi connectivity index (χ1v) is 14.9. The van der Waals surface area contributed by atoms with E-state index in [1.54, 1.807) is 5.82 Å². The van der Waals surface area contributed by atoms with E-state index in [-0.39, 0.29) is 0 Å². The molecule has 4 nitrogen and oxygen atoms in total. The van der Waals surface area contributed by atoms with Gasteiger partial charge in [0.2, 0.25) is 0 Å². The quantitative estimate of drug-likeness (QED) is 0.363. The summed E-state index contributed by atoms with van der Waals surface area (Å²) < 4.78 is 23.9. The molecule has 0 bridgehead atoms. The normalized spacial score (nSPS) is 43.0. The minimum atomic E-state index is -3.13. The second kappa shape index (κ2) is 9.31. The molecule has 4 aliphatic carbocycles. The molecule has 0 aromatic heterocycles. The molecule has 0 radical (unpaired) electrons. The zero-order valence-corrected chi connectivity index (χ0v) is 21.9. The lowest BCUT2D eigenvalue weighted by molar-refractivity contribution is -0.140. The maximum Gasteiger partial charge on any atom is 0.353 e. The van der Waals surface area contributed by atoms with Gasteiger partial charge in [-0.15, -0.1) is 0 Å². The number of carbonyl (C=O) groups is 1. The Morgan fingerprint density at radius 3 is 2.38 bits per heavy atom. The minimum Gasteiger partial charge on any atom is -0.306 e. The van der Waals surface area contributed by atoms with Crippen molar-refractivity contribution in [2.24, 2.45) is 46.3 Å². The van der Waals surface area contributed by atoms with Gasteiger partial charge in [-0.05, 0) is 105 Å². The van der Waals surface area contributed by atoms with E-state index in [4.69, 9.17) is 9.05 Å². The fourth-order valence-corrected chi connectivity index (χ4v) is 10.3. The molecule has 0 aromatic carbocycles. The van der Waals surface area contributed by atoms with Gasteiger partial charge in [-0.1, -0.05) is 26.8 Å². The van der Waals surface area contributed by atoms with Crippen LogP contribution < -0.4 is 0 Å². The predicted octanol–water partition coefficient (Wildman–Crippen LogP) is 7.63. The van der Waals surface area contributed by atoms with Crippen LogP contribution in [0.15, 0.2) is 11.9 Å². The van der Waals surface area contributed by atoms with Gasteiger partial charge < -0.3 is 9.05 Å². The average molecular weight is 465 g/mol. The van der Waals surface area contributed by atoms with Crippen LogP contribution in [0.4, 0.5) is 0 Å². The van der Waals surface area contributed by atoms with E-state index in [1.807, 2.05) is 13.8 Å². The molecule has 182 valence electrons. The fourth-order valence-electron chi connectivity index (χ4n) is 8.81. The average Bonchev–Trinajstić information content (AvgIpc) is 3.10. The number of ketones is 1. The molecule has 8 atom stereocenters. The van der Waals surface area contributed by atoms with Crippen LogP contribution in [0, 0.1) is 46.3 Å². The molecule has 4 fully saturated rings. The van der Waals surface area contributed by atoms with Crippen LogP contribution in [0.1, 0.15) is 92.4 Å². The van der Waals surface area contributed by atoms with Crippen molar-refractivity contribution in [1.29, 1.82) is 0 Å². The summed E-state index contributed by atoms with van der Waals surface area (Å²) in [7, 11) is -3.13. The van der Waals surface area contributed by atoms with Gasteiger partial charge in [0, 0.05) is 18.7 Å². The van der Waals surface area contributed by atoms with Crippen molar-refractivity contribution < 1.29 is 18.4 Å². The van der Waals surface area contributed by atoms with Crippen LogP contribution in [0.25, 0.3) is 0 Å². The molecule has 0 N–H and O–H groups in total. The molecule has 32 heavy (non-hydrogen) atoms. The van der Waals surface area contributed by atoms with Crippen molar-refractivity contribution in [2.75, 3.05) is 13.2 Å². The summed E-state index contributed by atoms with van der Waals surface area (Å²) in [5.41, 5.74) is 0.739. The first-order chi connectivity index (χ1) is 15.2. The molecule has 0 aliphatic heterocycles. The van der Waals surface area contributed by atoms with E-state index in [0.717, 1.165) is 37.0 Å². The molecule has 4 rings (SSSR count). The lowest BCUT2D eigenvalue weighted by Crippen LogP contribution is -2.53. The highest BCUT2D eigenvalue weighted by atomic mass is 31.2. The van der Waals surface area contributed by atoms with Crippen molar-refractivity contribution in [3.8, 4) is 0 Å². The van der Waals surface area contributed by atoms with Gasteiger partial charge >= 0.3 is 7.60 Å². The third kappa shape index (κ3) is 4.22. The molecule has 4 saturated carbocycles. The summed E-state index contributed by atoms with van der Waals surface area (Å²) in [5, 5.41) is 0. The number of hydrogen-bond donors (Lipinski definition) is 0. The first-order valence-electron chi connectivity index (χ1n) is 13.3. The van der Waals surface area contributed by atoms with Crippen LogP contribution in [0.3, 0.4) is 0 Å². The summed E-state index contributed by atoms with van der Waals surface area (Å²) >= 11 is 0. The number of rotatable bonds is 7. The SMILES string of the molecule is CCOP(=O)(/C=C/[C@@H](C)[C@H]1CCC2C3CC[C@H]4CC(=O)CC[C@]4(C)C3CC[C@@]21C)OCC. The van der Waals surface area contributed by atoms with Gasteiger partial charge in [-0.3, -0.25) is 9.36 Å². The molecule has 4 aliphatic rings. The highest BCUT2D eigenvalue weighted by molar-refractivity contribution is 7.57. The molecule has 0 saturated heterocycles. The molecule has 0 amide bonds. The molecule has 0 heterocycles. The maximum absolute atomic E-state index is 12.9. The molecular formula is C27H45O4P. The third-order valence-corrected chi connectivity index (χ3v) is 12.2. The molecule has 0 spiro atoms. The summed E-state index contributed by atoms with van der Waals surface area (Å²) in [6.07, 6.45) is 12.7. The standard InChI is InChI=1S/C27H45O4P/c1-6-30-32(29,31-7-2)17-14-19(3)23-10-11-24-22-9-8-20-18-21(28)12-15-26(20,4)25(22)13-16-27(23,24)5/h14,17,19-20,22-25H,6-13,15-16,18H2,1-5H3/b17-14+/t19-,20+,22?,23-,24?,25?,26+,27-/m1/s1. The summed E-state index contributed by atoms with van der Waals surface area (Å²) in [6, 6.07) is 0. The Kier molecular flexibility index (Phi) is 7.18. The van der Waals surface area contributed by atoms with Gasteiger partial charge in [0.15, 0.2) is 0 Å². The van der Waals surface area contributed by atoms with E-state index in [2.05, 4.69) is 26.8 Å². The first kappa shape index (κ1) is 24.7.